The van der Waals surface area contributed by atoms with E-state index in [0.717, 1.165) is 77.5 Å². The molecule has 3 aromatic heterocycles. The molecular weight excluding hydrogens is 625 g/mol. The van der Waals surface area contributed by atoms with Gasteiger partial charge in [-0.25, -0.2) is 9.97 Å². The van der Waals surface area contributed by atoms with Crippen LogP contribution in [0.1, 0.15) is 0 Å². The molecule has 10 rings (SSSR count). The summed E-state index contributed by atoms with van der Waals surface area (Å²) >= 11 is 0. The maximum atomic E-state index is 6.62. The van der Waals surface area contributed by atoms with E-state index in [0.29, 0.717) is 5.95 Å². The van der Waals surface area contributed by atoms with E-state index >= 15 is 0 Å². The lowest BCUT2D eigenvalue weighted by atomic mass is 10.1. The second kappa shape index (κ2) is 11.9. The molecule has 0 N–H and O–H groups in total. The highest BCUT2D eigenvalue weighted by Gasteiger charge is 2.22. The number of para-hydroxylation sites is 2. The number of aromatic nitrogens is 3. The molecule has 0 spiro atoms. The van der Waals surface area contributed by atoms with Crippen LogP contribution in [-0.2, 0) is 0 Å². The minimum Gasteiger partial charge on any atom is -0.454 e. The molecule has 5 nitrogen and oxygen atoms in total. The van der Waals surface area contributed by atoms with Crippen LogP contribution in [0.4, 0.5) is 17.3 Å². The number of benzene rings is 7. The van der Waals surface area contributed by atoms with Gasteiger partial charge in [0.2, 0.25) is 5.95 Å². The Labute approximate surface area is 294 Å². The van der Waals surface area contributed by atoms with Crippen molar-refractivity contribution < 1.29 is 4.42 Å². The molecule has 5 heteroatoms. The summed E-state index contributed by atoms with van der Waals surface area (Å²) in [5.41, 5.74) is 11.2. The third-order valence-corrected chi connectivity index (χ3v) is 9.71. The minimum absolute atomic E-state index is 0.587. The van der Waals surface area contributed by atoms with Crippen molar-refractivity contribution in [1.82, 2.24) is 14.5 Å². The maximum absolute atomic E-state index is 6.62. The van der Waals surface area contributed by atoms with Crippen LogP contribution in [0, 0.1) is 0 Å². The second-order valence-electron chi connectivity index (χ2n) is 12.7. The SMILES string of the molecule is c1ccc(-c2ccc(N(c3ccc4c5ccc6c7ccccc7oc6c5n(-c5ccccc5)c4c3)c3ncc(-c4ccccc4)cn3)cc2)cc1. The zero-order chi connectivity index (χ0) is 33.7. The highest BCUT2D eigenvalue weighted by molar-refractivity contribution is 6.21. The van der Waals surface area contributed by atoms with Gasteiger partial charge in [0, 0.05) is 50.9 Å². The van der Waals surface area contributed by atoms with Crippen LogP contribution in [0.5, 0.6) is 0 Å². The standard InChI is InChI=1S/C46H30N4O/c1-4-12-31(13-5-1)33-20-22-36(23-21-33)49(46-47-29-34(30-48-46)32-14-6-2-7-15-32)37-24-25-38-40-26-27-41-39-18-10-11-19-43(39)51-45(41)44(40)50(42(38)28-37)35-16-8-3-9-17-35/h1-30H. The highest BCUT2D eigenvalue weighted by Crippen LogP contribution is 2.43. The van der Waals surface area contributed by atoms with Crippen molar-refractivity contribution in [3.63, 3.8) is 0 Å². The number of hydrogen-bond acceptors (Lipinski definition) is 4. The summed E-state index contributed by atoms with van der Waals surface area (Å²) in [5.74, 6) is 0.587. The molecule has 51 heavy (non-hydrogen) atoms. The average molecular weight is 655 g/mol. The molecule has 0 fully saturated rings. The van der Waals surface area contributed by atoms with Gasteiger partial charge in [0.05, 0.1) is 16.7 Å². The van der Waals surface area contributed by atoms with E-state index in [1.54, 1.807) is 0 Å². The molecule has 0 saturated heterocycles. The van der Waals surface area contributed by atoms with E-state index < -0.39 is 0 Å². The van der Waals surface area contributed by atoms with E-state index in [9.17, 15) is 0 Å². The highest BCUT2D eigenvalue weighted by atomic mass is 16.3. The molecule has 0 saturated carbocycles. The number of nitrogens with zero attached hydrogens (tertiary/aromatic N) is 4. The molecule has 0 amide bonds. The van der Waals surface area contributed by atoms with Crippen LogP contribution >= 0.6 is 0 Å². The predicted molar refractivity (Wildman–Crippen MR) is 209 cm³/mol. The Balaban J connectivity index is 1.20. The largest absolute Gasteiger partial charge is 0.454 e. The van der Waals surface area contributed by atoms with Crippen LogP contribution in [0.3, 0.4) is 0 Å². The lowest BCUT2D eigenvalue weighted by molar-refractivity contribution is 0.671. The number of furan rings is 1. The van der Waals surface area contributed by atoms with Gasteiger partial charge in [-0.2, -0.15) is 0 Å². The second-order valence-corrected chi connectivity index (χ2v) is 12.7. The summed E-state index contributed by atoms with van der Waals surface area (Å²) in [6.45, 7) is 0. The Morgan fingerprint density at radius 2 is 1.02 bits per heavy atom. The van der Waals surface area contributed by atoms with Crippen molar-refractivity contribution in [2.45, 2.75) is 0 Å². The normalized spacial score (nSPS) is 11.5. The fourth-order valence-corrected chi connectivity index (χ4v) is 7.28. The third-order valence-electron chi connectivity index (χ3n) is 9.71. The van der Waals surface area contributed by atoms with Gasteiger partial charge in [-0.3, -0.25) is 4.90 Å². The van der Waals surface area contributed by atoms with Gasteiger partial charge in [0.1, 0.15) is 5.58 Å². The molecule has 0 unspecified atom stereocenters. The van der Waals surface area contributed by atoms with Gasteiger partial charge in [-0.15, -0.1) is 0 Å². The van der Waals surface area contributed by atoms with Gasteiger partial charge in [-0.1, -0.05) is 121 Å². The molecule has 240 valence electrons. The van der Waals surface area contributed by atoms with E-state index in [1.165, 1.54) is 5.56 Å². The smallest absolute Gasteiger partial charge is 0.234 e. The molecule has 7 aromatic carbocycles. The van der Waals surface area contributed by atoms with Crippen LogP contribution in [0.2, 0.25) is 0 Å². The molecular formula is C46H30N4O. The molecule has 0 aliphatic rings. The first-order chi connectivity index (χ1) is 25.3. The van der Waals surface area contributed by atoms with Crippen LogP contribution in [0.25, 0.3) is 71.7 Å². The minimum atomic E-state index is 0.587. The number of fused-ring (bicyclic) bond motifs is 7. The summed E-state index contributed by atoms with van der Waals surface area (Å²) in [6, 6.07) is 59.1. The van der Waals surface area contributed by atoms with Gasteiger partial charge < -0.3 is 8.98 Å². The molecule has 10 aromatic rings. The van der Waals surface area contributed by atoms with E-state index in [1.807, 2.05) is 48.8 Å². The van der Waals surface area contributed by atoms with Crippen LogP contribution < -0.4 is 4.90 Å². The Morgan fingerprint density at radius 3 is 1.75 bits per heavy atom. The topological polar surface area (TPSA) is 47.1 Å². The van der Waals surface area contributed by atoms with Crippen molar-refractivity contribution >= 4 is 61.1 Å². The van der Waals surface area contributed by atoms with E-state index in [4.69, 9.17) is 14.4 Å². The van der Waals surface area contributed by atoms with Crippen molar-refractivity contribution in [1.29, 1.82) is 0 Å². The zero-order valence-corrected chi connectivity index (χ0v) is 27.5. The number of anilines is 3. The zero-order valence-electron chi connectivity index (χ0n) is 27.5. The first-order valence-corrected chi connectivity index (χ1v) is 17.1. The molecule has 0 aliphatic heterocycles. The lowest BCUT2D eigenvalue weighted by Gasteiger charge is -2.24. The molecule has 0 aliphatic carbocycles. The fraction of sp³-hybridized carbons (Fsp3) is 0. The summed E-state index contributed by atoms with van der Waals surface area (Å²) < 4.78 is 8.95. The summed E-state index contributed by atoms with van der Waals surface area (Å²) in [6.07, 6.45) is 3.81. The predicted octanol–water partition coefficient (Wildman–Crippen LogP) is 12.3. The van der Waals surface area contributed by atoms with E-state index in [-0.39, 0.29) is 0 Å². The van der Waals surface area contributed by atoms with Gasteiger partial charge in [0.15, 0.2) is 5.58 Å². The number of hydrogen-bond donors (Lipinski definition) is 0. The first-order valence-electron chi connectivity index (χ1n) is 17.1. The van der Waals surface area contributed by atoms with Crippen molar-refractivity contribution in [2.75, 3.05) is 4.90 Å². The monoisotopic (exact) mass is 654 g/mol. The van der Waals surface area contributed by atoms with Gasteiger partial charge in [-0.05, 0) is 65.2 Å². The summed E-state index contributed by atoms with van der Waals surface area (Å²) in [5, 5.41) is 4.49. The first kappa shape index (κ1) is 29.0. The maximum Gasteiger partial charge on any atom is 0.234 e. The van der Waals surface area contributed by atoms with Crippen LogP contribution in [-0.4, -0.2) is 14.5 Å². The number of rotatable bonds is 6. The van der Waals surface area contributed by atoms with Crippen LogP contribution in [0.15, 0.2) is 187 Å². The molecule has 3 heterocycles. The summed E-state index contributed by atoms with van der Waals surface area (Å²) in [7, 11) is 0. The quantitative estimate of drug-likeness (QED) is 0.179. The Morgan fingerprint density at radius 1 is 0.451 bits per heavy atom. The molecule has 0 bridgehead atoms. The van der Waals surface area contributed by atoms with Crippen molar-refractivity contribution in [2.24, 2.45) is 0 Å². The Hall–Kier alpha value is -6.98. The summed E-state index contributed by atoms with van der Waals surface area (Å²) in [4.78, 5) is 12.0. The molecule has 0 atom stereocenters. The average Bonchev–Trinajstić information content (AvgIpc) is 3.75. The van der Waals surface area contributed by atoms with E-state index in [2.05, 4.69) is 143 Å². The lowest BCUT2D eigenvalue weighted by Crippen LogP contribution is -2.13. The fourth-order valence-electron chi connectivity index (χ4n) is 7.28. The van der Waals surface area contributed by atoms with Crippen molar-refractivity contribution in [3.05, 3.63) is 182 Å². The Kier molecular flexibility index (Phi) is 6.74. The van der Waals surface area contributed by atoms with Crippen molar-refractivity contribution in [3.8, 4) is 27.9 Å². The molecule has 0 radical (unpaired) electrons. The van der Waals surface area contributed by atoms with Gasteiger partial charge in [0.25, 0.3) is 0 Å². The third kappa shape index (κ3) is 4.86. The van der Waals surface area contributed by atoms with Gasteiger partial charge >= 0.3 is 0 Å². The Bertz CT molecular complexity index is 2740.